The lowest BCUT2D eigenvalue weighted by Gasteiger charge is -2.18. The largest absolute Gasteiger partial charge is 0.489 e. The minimum Gasteiger partial charge on any atom is -0.489 e. The van der Waals surface area contributed by atoms with E-state index in [4.69, 9.17) is 9.47 Å². The second-order valence-electron chi connectivity index (χ2n) is 5.12. The lowest BCUT2D eigenvalue weighted by molar-refractivity contribution is 0.145. The monoisotopic (exact) mass is 307 g/mol. The molecule has 0 spiro atoms. The molecule has 0 aliphatic rings. The van der Waals surface area contributed by atoms with E-state index in [2.05, 4.69) is 15.6 Å². The van der Waals surface area contributed by atoms with Crippen molar-refractivity contribution < 1.29 is 9.47 Å². The van der Waals surface area contributed by atoms with E-state index in [9.17, 15) is 0 Å². The molecule has 1 rings (SSSR count). The Kier molecular flexibility index (Phi) is 9.07. The molecule has 0 amide bonds. The second-order valence-corrected chi connectivity index (χ2v) is 5.12. The van der Waals surface area contributed by atoms with E-state index >= 15 is 0 Å². The minimum atomic E-state index is 0.0584. The number of ether oxygens (including phenoxy) is 2. The van der Waals surface area contributed by atoms with Gasteiger partial charge in [0, 0.05) is 26.8 Å². The van der Waals surface area contributed by atoms with Gasteiger partial charge in [0.1, 0.15) is 11.9 Å². The highest BCUT2D eigenvalue weighted by Crippen LogP contribution is 2.17. The molecule has 0 fully saturated rings. The predicted molar refractivity (Wildman–Crippen MR) is 91.7 cm³/mol. The van der Waals surface area contributed by atoms with Crippen LogP contribution in [-0.2, 0) is 4.74 Å². The van der Waals surface area contributed by atoms with Gasteiger partial charge in [0.25, 0.3) is 0 Å². The molecule has 0 saturated heterocycles. The molecular formula is C17H29N3O2. The molecule has 5 heteroatoms. The molecule has 5 nitrogen and oxygen atoms in total. The molecule has 0 aromatic heterocycles. The van der Waals surface area contributed by atoms with Crippen LogP contribution in [-0.4, -0.2) is 45.4 Å². The number of para-hydroxylation sites is 1. The Morgan fingerprint density at radius 3 is 2.73 bits per heavy atom. The Balaban J connectivity index is 2.26. The average molecular weight is 307 g/mol. The fourth-order valence-corrected chi connectivity index (χ4v) is 1.93. The summed E-state index contributed by atoms with van der Waals surface area (Å²) in [5.74, 6) is 1.72. The molecule has 2 N–H and O–H groups in total. The van der Waals surface area contributed by atoms with Crippen molar-refractivity contribution in [1.82, 2.24) is 10.6 Å². The standard InChI is InChI=1S/C17H29N3O2/c1-5-21-12-8-11-19-17(18-4)20-13-15(3)22-16-10-7-6-9-14(16)2/h6-7,9-10,15H,5,8,11-13H2,1-4H3,(H2,18,19,20). The molecule has 0 bridgehead atoms. The summed E-state index contributed by atoms with van der Waals surface area (Å²) in [6, 6.07) is 8.04. The van der Waals surface area contributed by atoms with E-state index in [-0.39, 0.29) is 6.10 Å². The maximum absolute atomic E-state index is 5.93. The van der Waals surface area contributed by atoms with Gasteiger partial charge < -0.3 is 20.1 Å². The van der Waals surface area contributed by atoms with Crippen LogP contribution in [0.5, 0.6) is 5.75 Å². The average Bonchev–Trinajstić information content (AvgIpc) is 2.52. The van der Waals surface area contributed by atoms with Crippen LogP contribution < -0.4 is 15.4 Å². The maximum atomic E-state index is 5.93. The summed E-state index contributed by atoms with van der Waals surface area (Å²) in [5, 5.41) is 6.54. The molecule has 0 heterocycles. The third-order valence-electron chi connectivity index (χ3n) is 3.16. The Morgan fingerprint density at radius 2 is 2.05 bits per heavy atom. The number of aryl methyl sites for hydroxylation is 1. The predicted octanol–water partition coefficient (Wildman–Crippen LogP) is 2.35. The first-order valence-corrected chi connectivity index (χ1v) is 7.92. The van der Waals surface area contributed by atoms with E-state index in [0.717, 1.165) is 43.5 Å². The van der Waals surface area contributed by atoms with Gasteiger partial charge in [-0.25, -0.2) is 0 Å². The van der Waals surface area contributed by atoms with Crippen molar-refractivity contribution in [2.75, 3.05) is 33.4 Å². The number of nitrogens with one attached hydrogen (secondary N) is 2. The molecule has 1 aromatic carbocycles. The molecular weight excluding hydrogens is 278 g/mol. The highest BCUT2D eigenvalue weighted by atomic mass is 16.5. The first kappa shape index (κ1) is 18.3. The van der Waals surface area contributed by atoms with Crippen molar-refractivity contribution in [2.24, 2.45) is 4.99 Å². The summed E-state index contributed by atoms with van der Waals surface area (Å²) in [6.45, 7) is 9.17. The number of aliphatic imine (C=N–C) groups is 1. The van der Waals surface area contributed by atoms with Crippen LogP contribution in [0.15, 0.2) is 29.3 Å². The van der Waals surface area contributed by atoms with Crippen LogP contribution in [0.3, 0.4) is 0 Å². The lowest BCUT2D eigenvalue weighted by atomic mass is 10.2. The molecule has 0 aliphatic carbocycles. The maximum Gasteiger partial charge on any atom is 0.191 e. The van der Waals surface area contributed by atoms with Crippen molar-refractivity contribution in [3.63, 3.8) is 0 Å². The van der Waals surface area contributed by atoms with Crippen molar-refractivity contribution in [3.05, 3.63) is 29.8 Å². The van der Waals surface area contributed by atoms with Crippen LogP contribution in [0.1, 0.15) is 25.8 Å². The van der Waals surface area contributed by atoms with Gasteiger partial charge in [-0.05, 0) is 38.8 Å². The zero-order valence-electron chi connectivity index (χ0n) is 14.2. The zero-order chi connectivity index (χ0) is 16.2. The van der Waals surface area contributed by atoms with Gasteiger partial charge in [0.05, 0.1) is 6.54 Å². The van der Waals surface area contributed by atoms with E-state index in [0.29, 0.717) is 6.54 Å². The van der Waals surface area contributed by atoms with Gasteiger partial charge in [-0.2, -0.15) is 0 Å². The minimum absolute atomic E-state index is 0.0584. The molecule has 1 unspecified atom stereocenters. The van der Waals surface area contributed by atoms with E-state index in [1.807, 2.05) is 45.0 Å². The quantitative estimate of drug-likeness (QED) is 0.418. The van der Waals surface area contributed by atoms with E-state index in [1.54, 1.807) is 7.05 Å². The van der Waals surface area contributed by atoms with Crippen LogP contribution in [0, 0.1) is 6.92 Å². The summed E-state index contributed by atoms with van der Waals surface area (Å²) >= 11 is 0. The number of nitrogens with zero attached hydrogens (tertiary/aromatic N) is 1. The molecule has 22 heavy (non-hydrogen) atoms. The first-order valence-electron chi connectivity index (χ1n) is 7.92. The van der Waals surface area contributed by atoms with E-state index in [1.165, 1.54) is 0 Å². The lowest BCUT2D eigenvalue weighted by Crippen LogP contribution is -2.42. The van der Waals surface area contributed by atoms with Crippen LogP contribution >= 0.6 is 0 Å². The van der Waals surface area contributed by atoms with Crippen molar-refractivity contribution in [2.45, 2.75) is 33.3 Å². The fraction of sp³-hybridized carbons (Fsp3) is 0.588. The van der Waals surface area contributed by atoms with Gasteiger partial charge in [-0.3, -0.25) is 4.99 Å². The van der Waals surface area contributed by atoms with Gasteiger partial charge in [-0.15, -0.1) is 0 Å². The molecule has 1 atom stereocenters. The fourth-order valence-electron chi connectivity index (χ4n) is 1.93. The number of hydrogen-bond donors (Lipinski definition) is 2. The van der Waals surface area contributed by atoms with Gasteiger partial charge in [-0.1, -0.05) is 18.2 Å². The van der Waals surface area contributed by atoms with E-state index < -0.39 is 0 Å². The number of rotatable bonds is 9. The Morgan fingerprint density at radius 1 is 1.27 bits per heavy atom. The Bertz CT molecular complexity index is 449. The molecule has 1 aromatic rings. The molecule has 0 radical (unpaired) electrons. The number of hydrogen-bond acceptors (Lipinski definition) is 3. The zero-order valence-corrected chi connectivity index (χ0v) is 14.2. The second kappa shape index (κ2) is 10.9. The summed E-state index contributed by atoms with van der Waals surface area (Å²) in [7, 11) is 1.77. The van der Waals surface area contributed by atoms with Crippen LogP contribution in [0.4, 0.5) is 0 Å². The SMILES string of the molecule is CCOCCCNC(=NC)NCC(C)Oc1ccccc1C. The van der Waals surface area contributed by atoms with Gasteiger partial charge in [0.2, 0.25) is 0 Å². The highest BCUT2D eigenvalue weighted by Gasteiger charge is 2.07. The van der Waals surface area contributed by atoms with Crippen molar-refractivity contribution in [3.8, 4) is 5.75 Å². The summed E-state index contributed by atoms with van der Waals surface area (Å²) in [4.78, 5) is 4.20. The van der Waals surface area contributed by atoms with Crippen molar-refractivity contribution >= 4 is 5.96 Å². The molecule has 124 valence electrons. The topological polar surface area (TPSA) is 54.9 Å². The van der Waals surface area contributed by atoms with Gasteiger partial charge in [0.15, 0.2) is 5.96 Å². The summed E-state index contributed by atoms with van der Waals surface area (Å²) in [6.07, 6.45) is 1.02. The normalized spacial score (nSPS) is 12.8. The number of guanidine groups is 1. The molecule has 0 aliphatic heterocycles. The van der Waals surface area contributed by atoms with Crippen molar-refractivity contribution in [1.29, 1.82) is 0 Å². The summed E-state index contributed by atoms with van der Waals surface area (Å²) < 4.78 is 11.2. The summed E-state index contributed by atoms with van der Waals surface area (Å²) in [5.41, 5.74) is 1.15. The Labute approximate surface area is 134 Å². The highest BCUT2D eigenvalue weighted by molar-refractivity contribution is 5.79. The third-order valence-corrected chi connectivity index (χ3v) is 3.16. The third kappa shape index (κ3) is 7.31. The van der Waals surface area contributed by atoms with Gasteiger partial charge >= 0.3 is 0 Å². The molecule has 0 saturated carbocycles. The smallest absolute Gasteiger partial charge is 0.191 e. The van der Waals surface area contributed by atoms with Crippen LogP contribution in [0.25, 0.3) is 0 Å². The Hall–Kier alpha value is -1.75. The first-order chi connectivity index (χ1) is 10.7. The number of benzene rings is 1. The van der Waals surface area contributed by atoms with Crippen LogP contribution in [0.2, 0.25) is 0 Å².